The number of carbonyl (C=O) groups excluding carboxylic acids is 2. The van der Waals surface area contributed by atoms with E-state index >= 15 is 0 Å². The summed E-state index contributed by atoms with van der Waals surface area (Å²) in [7, 11) is -3.75. The molecule has 1 aliphatic heterocycles. The van der Waals surface area contributed by atoms with E-state index in [9.17, 15) is 9.59 Å². The molecule has 3 saturated carbocycles. The van der Waals surface area contributed by atoms with Gasteiger partial charge in [-0.3, -0.25) is 4.79 Å². The molecule has 2 bridgehead atoms. The quantitative estimate of drug-likeness (QED) is 0.137. The summed E-state index contributed by atoms with van der Waals surface area (Å²) in [6.07, 6.45) is 5.49. The molecule has 0 aromatic heterocycles. The van der Waals surface area contributed by atoms with Crippen LogP contribution in [-0.2, 0) is 23.2 Å². The Labute approximate surface area is 247 Å². The number of fused-ring (bicyclic) bond motifs is 6. The maximum Gasteiger partial charge on any atom is 0.306 e. The van der Waals surface area contributed by atoms with Crippen molar-refractivity contribution in [2.75, 3.05) is 0 Å². The Hall–Kier alpha value is -0.506. The van der Waals surface area contributed by atoms with Gasteiger partial charge < -0.3 is 18.4 Å². The molecule has 0 N–H and O–H groups in total. The lowest BCUT2D eigenvalue weighted by Gasteiger charge is -2.71. The predicted molar refractivity (Wildman–Crippen MR) is 167 cm³/mol. The monoisotopic (exact) mass is 592 g/mol. The molecule has 0 unspecified atom stereocenters. The van der Waals surface area contributed by atoms with Crippen LogP contribution >= 0.6 is 0 Å². The highest BCUT2D eigenvalue weighted by atomic mass is 28.4. The molecule has 0 aromatic rings. The molecule has 0 spiro atoms. The third-order valence-corrected chi connectivity index (χ3v) is 23.0. The van der Waals surface area contributed by atoms with Crippen molar-refractivity contribution in [3.8, 4) is 0 Å². The van der Waals surface area contributed by atoms with Crippen molar-refractivity contribution >= 4 is 28.9 Å². The number of hydrogen-bond donors (Lipinski definition) is 0. The topological polar surface area (TPSA) is 61.8 Å². The first-order valence-electron chi connectivity index (χ1n) is 16.8. The Morgan fingerprint density at radius 3 is 1.88 bits per heavy atom. The first-order chi connectivity index (χ1) is 18.8. The molecule has 4 rings (SSSR count). The standard InChI is InChI=1S/C33H60O5Si2/c1-11-39(12-2,13-3)37-26-18-23(7)17-25-24(26)19-27(38-40(14-4,15-5)16-6)30-31(25,8)20-28-33(10,22-34)32(30,9)21-29(35)36-28/h22-28,30H,11-21H2,1-10H3/t23-,24+,25-,26-,27-,28-,30+,31+,32+,33-/m1/s1. The van der Waals surface area contributed by atoms with E-state index in [2.05, 4.69) is 69.2 Å². The van der Waals surface area contributed by atoms with Gasteiger partial charge in [-0.25, -0.2) is 0 Å². The summed E-state index contributed by atoms with van der Waals surface area (Å²) >= 11 is 0. The Bertz CT molecular complexity index is 917. The first kappa shape index (κ1) is 32.4. The van der Waals surface area contributed by atoms with Crippen LogP contribution in [-0.4, -0.2) is 47.2 Å². The normalized spacial score (nSPS) is 43.5. The summed E-state index contributed by atoms with van der Waals surface area (Å²) in [6.45, 7) is 23.2. The largest absolute Gasteiger partial charge is 0.461 e. The molecule has 4 fully saturated rings. The summed E-state index contributed by atoms with van der Waals surface area (Å²) < 4.78 is 21.0. The number of carbonyl (C=O) groups is 2. The molecule has 0 amide bonds. The molecule has 10 atom stereocenters. The van der Waals surface area contributed by atoms with E-state index in [1.165, 1.54) is 24.6 Å². The summed E-state index contributed by atoms with van der Waals surface area (Å²) in [5, 5.41) is 0. The lowest BCUT2D eigenvalue weighted by molar-refractivity contribution is -0.272. The number of ether oxygens (including phenoxy) is 1. The number of esters is 1. The smallest absolute Gasteiger partial charge is 0.306 e. The average Bonchev–Trinajstić information content (AvgIpc) is 2.93. The molecule has 230 valence electrons. The zero-order chi connectivity index (χ0) is 29.7. The lowest BCUT2D eigenvalue weighted by Crippen LogP contribution is -2.73. The van der Waals surface area contributed by atoms with Gasteiger partial charge in [0.2, 0.25) is 0 Å². The zero-order valence-corrected chi connectivity index (χ0v) is 29.4. The minimum absolute atomic E-state index is 0.0503. The van der Waals surface area contributed by atoms with Gasteiger partial charge in [-0.1, -0.05) is 62.3 Å². The second-order valence-corrected chi connectivity index (χ2v) is 24.5. The molecule has 1 heterocycles. The van der Waals surface area contributed by atoms with Crippen molar-refractivity contribution in [2.24, 2.45) is 39.9 Å². The molecule has 0 radical (unpaired) electrons. The number of rotatable bonds is 11. The molecule has 3 aliphatic carbocycles. The van der Waals surface area contributed by atoms with Crippen LogP contribution in [0.15, 0.2) is 0 Å². The highest BCUT2D eigenvalue weighted by Crippen LogP contribution is 2.71. The highest BCUT2D eigenvalue weighted by Gasteiger charge is 2.73. The minimum atomic E-state index is -1.96. The van der Waals surface area contributed by atoms with Gasteiger partial charge in [0, 0.05) is 12.2 Å². The number of aldehydes is 1. The summed E-state index contributed by atoms with van der Waals surface area (Å²) in [6, 6.07) is 6.84. The van der Waals surface area contributed by atoms with Crippen molar-refractivity contribution in [2.45, 2.75) is 156 Å². The van der Waals surface area contributed by atoms with Gasteiger partial charge in [-0.15, -0.1) is 0 Å². The van der Waals surface area contributed by atoms with Crippen molar-refractivity contribution < 1.29 is 23.2 Å². The molecule has 4 aliphatic rings. The Balaban J connectivity index is 1.87. The van der Waals surface area contributed by atoms with Gasteiger partial charge in [0.15, 0.2) is 16.6 Å². The summed E-state index contributed by atoms with van der Waals surface area (Å²) in [5.41, 5.74) is -1.26. The van der Waals surface area contributed by atoms with E-state index in [0.717, 1.165) is 43.7 Å². The second-order valence-electron chi connectivity index (χ2n) is 15.0. The van der Waals surface area contributed by atoms with Gasteiger partial charge in [0.1, 0.15) is 12.4 Å². The lowest BCUT2D eigenvalue weighted by atomic mass is 9.36. The van der Waals surface area contributed by atoms with Crippen molar-refractivity contribution in [3.63, 3.8) is 0 Å². The van der Waals surface area contributed by atoms with Gasteiger partial charge in [-0.2, -0.15) is 0 Å². The van der Waals surface area contributed by atoms with E-state index in [1.54, 1.807) is 0 Å². The Kier molecular flexibility index (Phi) is 9.35. The van der Waals surface area contributed by atoms with Crippen LogP contribution in [0.25, 0.3) is 0 Å². The fourth-order valence-corrected chi connectivity index (χ4v) is 16.3. The highest BCUT2D eigenvalue weighted by molar-refractivity contribution is 6.74. The van der Waals surface area contributed by atoms with Gasteiger partial charge >= 0.3 is 5.97 Å². The fourth-order valence-electron chi connectivity index (χ4n) is 10.5. The van der Waals surface area contributed by atoms with Gasteiger partial charge in [0.05, 0.1) is 11.8 Å². The van der Waals surface area contributed by atoms with Crippen LogP contribution in [0.4, 0.5) is 0 Å². The third kappa shape index (κ3) is 4.85. The van der Waals surface area contributed by atoms with Gasteiger partial charge in [0.25, 0.3) is 0 Å². The molecule has 5 nitrogen and oxygen atoms in total. The van der Waals surface area contributed by atoms with E-state index in [1.807, 2.05) is 0 Å². The predicted octanol–water partition coefficient (Wildman–Crippen LogP) is 8.39. The van der Waals surface area contributed by atoms with Crippen molar-refractivity contribution in [1.82, 2.24) is 0 Å². The van der Waals surface area contributed by atoms with E-state index in [-0.39, 0.29) is 35.6 Å². The van der Waals surface area contributed by atoms with Crippen LogP contribution in [0.1, 0.15) is 101 Å². The minimum Gasteiger partial charge on any atom is -0.461 e. The van der Waals surface area contributed by atoms with E-state index < -0.39 is 27.5 Å². The average molecular weight is 593 g/mol. The molecule has 40 heavy (non-hydrogen) atoms. The summed E-state index contributed by atoms with van der Waals surface area (Å²) in [4.78, 5) is 26.0. The number of hydrogen-bond acceptors (Lipinski definition) is 5. The Morgan fingerprint density at radius 2 is 1.38 bits per heavy atom. The molecular formula is C33H60O5Si2. The van der Waals surface area contributed by atoms with Crippen LogP contribution in [0.2, 0.25) is 36.3 Å². The van der Waals surface area contributed by atoms with Crippen LogP contribution < -0.4 is 0 Å². The molecule has 7 heteroatoms. The zero-order valence-electron chi connectivity index (χ0n) is 27.4. The molecule has 1 saturated heterocycles. The third-order valence-electron chi connectivity index (χ3n) is 13.6. The van der Waals surface area contributed by atoms with Crippen molar-refractivity contribution in [1.29, 1.82) is 0 Å². The van der Waals surface area contributed by atoms with E-state index in [4.69, 9.17) is 13.6 Å². The maximum atomic E-state index is 13.1. The van der Waals surface area contributed by atoms with E-state index in [0.29, 0.717) is 24.2 Å². The fraction of sp³-hybridized carbons (Fsp3) is 0.939. The Morgan fingerprint density at radius 1 is 0.850 bits per heavy atom. The SMILES string of the molecule is CC[Si](CC)(CC)O[C@@H]1C[C@H](C)C[C@@H]2[C@@H]1C[C@@H](O[Si](CC)(CC)CC)[C@H]1[C@@]2(C)C[C@H]2OC(=O)C[C@]1(C)[C@]2(C)C=O. The van der Waals surface area contributed by atoms with Gasteiger partial charge in [-0.05, 0) is 103 Å². The van der Waals surface area contributed by atoms with Crippen molar-refractivity contribution in [3.05, 3.63) is 0 Å². The van der Waals surface area contributed by atoms with Crippen LogP contribution in [0, 0.1) is 39.9 Å². The molecular weight excluding hydrogens is 533 g/mol. The maximum absolute atomic E-state index is 13.1. The molecule has 0 aromatic carbocycles. The van der Waals surface area contributed by atoms with Crippen LogP contribution in [0.5, 0.6) is 0 Å². The van der Waals surface area contributed by atoms with Crippen LogP contribution in [0.3, 0.4) is 0 Å². The summed E-state index contributed by atoms with van der Waals surface area (Å²) in [5.74, 6) is 1.55. The first-order valence-corrected chi connectivity index (χ1v) is 21.9. The second kappa shape index (κ2) is 11.5.